The Labute approximate surface area is 88.1 Å². The molecule has 2 N–H and O–H groups in total. The quantitative estimate of drug-likeness (QED) is 0.808. The first-order valence-electron chi connectivity index (χ1n) is 3.97. The van der Waals surface area contributed by atoms with Crippen LogP contribution < -0.4 is 0 Å². The van der Waals surface area contributed by atoms with E-state index in [-0.39, 0.29) is 5.56 Å². The summed E-state index contributed by atoms with van der Waals surface area (Å²) in [4.78, 5) is 17.7. The molecule has 0 saturated carbocycles. The van der Waals surface area contributed by atoms with Gasteiger partial charge in [-0.15, -0.1) is 0 Å². The maximum absolute atomic E-state index is 10.7. The number of pyridine rings is 1. The lowest BCUT2D eigenvalue weighted by Crippen LogP contribution is -1.96. The molecule has 2 aromatic heterocycles. The molecular formula is C9H7BrN2O2. The van der Waals surface area contributed by atoms with Crippen LogP contribution in [0.5, 0.6) is 0 Å². The summed E-state index contributed by atoms with van der Waals surface area (Å²) in [6.45, 7) is 0. The van der Waals surface area contributed by atoms with Crippen molar-refractivity contribution < 1.29 is 9.90 Å². The van der Waals surface area contributed by atoms with Gasteiger partial charge in [-0.05, 0) is 11.6 Å². The van der Waals surface area contributed by atoms with Crippen LogP contribution in [0, 0.1) is 0 Å². The molecule has 0 aliphatic rings. The molecule has 0 aromatic carbocycles. The van der Waals surface area contributed by atoms with Gasteiger partial charge in [0.05, 0.1) is 5.56 Å². The highest BCUT2D eigenvalue weighted by atomic mass is 79.9. The first-order valence-corrected chi connectivity index (χ1v) is 5.10. The van der Waals surface area contributed by atoms with Gasteiger partial charge in [-0.25, -0.2) is 9.78 Å². The van der Waals surface area contributed by atoms with Crippen molar-refractivity contribution in [3.63, 3.8) is 0 Å². The van der Waals surface area contributed by atoms with Crippen LogP contribution in [-0.4, -0.2) is 21.0 Å². The molecule has 0 aliphatic heterocycles. The molecule has 0 aliphatic carbocycles. The molecule has 0 fully saturated rings. The number of fused-ring (bicyclic) bond motifs is 1. The fraction of sp³-hybridized carbons (Fsp3) is 0.111. The van der Waals surface area contributed by atoms with Gasteiger partial charge in [0.2, 0.25) is 0 Å². The van der Waals surface area contributed by atoms with Gasteiger partial charge in [-0.1, -0.05) is 15.9 Å². The summed E-state index contributed by atoms with van der Waals surface area (Å²) < 4.78 is 0. The van der Waals surface area contributed by atoms with E-state index in [2.05, 4.69) is 25.9 Å². The molecule has 2 heterocycles. The number of aromatic amines is 1. The van der Waals surface area contributed by atoms with Crippen molar-refractivity contribution in [1.29, 1.82) is 0 Å². The van der Waals surface area contributed by atoms with Crippen LogP contribution in [0.4, 0.5) is 0 Å². The normalized spacial score (nSPS) is 10.6. The van der Waals surface area contributed by atoms with E-state index >= 15 is 0 Å². The molecular weight excluding hydrogens is 248 g/mol. The Morgan fingerprint density at radius 2 is 2.43 bits per heavy atom. The Balaban J connectivity index is 2.67. The molecule has 0 radical (unpaired) electrons. The Hall–Kier alpha value is -1.36. The van der Waals surface area contributed by atoms with E-state index in [1.165, 1.54) is 6.20 Å². The van der Waals surface area contributed by atoms with Gasteiger partial charge in [-0.3, -0.25) is 0 Å². The highest BCUT2D eigenvalue weighted by Crippen LogP contribution is 2.19. The van der Waals surface area contributed by atoms with Crippen molar-refractivity contribution in [2.75, 3.05) is 0 Å². The van der Waals surface area contributed by atoms with Crippen molar-refractivity contribution in [3.05, 3.63) is 29.6 Å². The van der Waals surface area contributed by atoms with Crippen LogP contribution in [-0.2, 0) is 5.33 Å². The second-order valence-corrected chi connectivity index (χ2v) is 3.43. The number of rotatable bonds is 2. The zero-order valence-electron chi connectivity index (χ0n) is 7.12. The van der Waals surface area contributed by atoms with Crippen LogP contribution in [0.3, 0.4) is 0 Å². The second kappa shape index (κ2) is 3.42. The number of hydrogen-bond donors (Lipinski definition) is 2. The monoisotopic (exact) mass is 254 g/mol. The van der Waals surface area contributed by atoms with E-state index in [0.717, 1.165) is 10.9 Å². The molecule has 14 heavy (non-hydrogen) atoms. The van der Waals surface area contributed by atoms with Gasteiger partial charge in [0.15, 0.2) is 0 Å². The number of nitrogens with one attached hydrogen (secondary N) is 1. The van der Waals surface area contributed by atoms with E-state index in [9.17, 15) is 4.79 Å². The van der Waals surface area contributed by atoms with Gasteiger partial charge in [0, 0.05) is 23.1 Å². The smallest absolute Gasteiger partial charge is 0.337 e. The van der Waals surface area contributed by atoms with E-state index in [1.54, 1.807) is 6.07 Å². The summed E-state index contributed by atoms with van der Waals surface area (Å²) in [6, 6.07) is 1.62. The summed E-state index contributed by atoms with van der Waals surface area (Å²) in [7, 11) is 0. The third kappa shape index (κ3) is 1.39. The third-order valence-electron chi connectivity index (χ3n) is 2.01. The van der Waals surface area contributed by atoms with E-state index < -0.39 is 5.97 Å². The summed E-state index contributed by atoms with van der Waals surface area (Å²) in [5, 5.41) is 10.3. The molecule has 0 atom stereocenters. The predicted molar refractivity (Wildman–Crippen MR) is 55.7 cm³/mol. The number of halogens is 1. The van der Waals surface area contributed by atoms with Crippen molar-refractivity contribution in [2.24, 2.45) is 0 Å². The Morgan fingerprint density at radius 1 is 1.64 bits per heavy atom. The fourth-order valence-electron chi connectivity index (χ4n) is 1.29. The lowest BCUT2D eigenvalue weighted by Gasteiger charge is -1.95. The number of hydrogen-bond acceptors (Lipinski definition) is 2. The number of carbonyl (C=O) groups is 1. The minimum absolute atomic E-state index is 0.208. The van der Waals surface area contributed by atoms with Crippen molar-refractivity contribution in [2.45, 2.75) is 5.33 Å². The zero-order valence-corrected chi connectivity index (χ0v) is 8.71. The van der Waals surface area contributed by atoms with Crippen molar-refractivity contribution in [1.82, 2.24) is 9.97 Å². The highest BCUT2D eigenvalue weighted by Gasteiger charge is 2.08. The fourth-order valence-corrected chi connectivity index (χ4v) is 1.75. The van der Waals surface area contributed by atoms with E-state index in [0.29, 0.717) is 11.0 Å². The minimum atomic E-state index is -0.957. The maximum atomic E-state index is 10.7. The largest absolute Gasteiger partial charge is 0.478 e. The number of H-pyrrole nitrogens is 1. The highest BCUT2D eigenvalue weighted by molar-refractivity contribution is 9.08. The molecule has 72 valence electrons. The molecule has 2 rings (SSSR count). The number of aromatic nitrogens is 2. The summed E-state index contributed by atoms with van der Waals surface area (Å²) in [6.07, 6.45) is 3.16. The second-order valence-electron chi connectivity index (χ2n) is 2.87. The van der Waals surface area contributed by atoms with Gasteiger partial charge in [-0.2, -0.15) is 0 Å². The summed E-state index contributed by atoms with van der Waals surface area (Å²) in [5.41, 5.74) is 1.93. The number of nitrogens with zero attached hydrogens (tertiary/aromatic N) is 1. The van der Waals surface area contributed by atoms with Gasteiger partial charge >= 0.3 is 5.97 Å². The van der Waals surface area contributed by atoms with Gasteiger partial charge < -0.3 is 10.1 Å². The SMILES string of the molecule is O=C(O)c1cnc2[nH]cc(CBr)c2c1. The van der Waals surface area contributed by atoms with Crippen LogP contribution in [0.15, 0.2) is 18.5 Å². The molecule has 2 aromatic rings. The van der Waals surface area contributed by atoms with E-state index in [1.807, 2.05) is 6.20 Å². The van der Waals surface area contributed by atoms with Crippen LogP contribution >= 0.6 is 15.9 Å². The average Bonchev–Trinajstić information content (AvgIpc) is 2.59. The maximum Gasteiger partial charge on any atom is 0.337 e. The average molecular weight is 255 g/mol. The number of carboxylic acids is 1. The Kier molecular flexibility index (Phi) is 2.25. The van der Waals surface area contributed by atoms with Crippen molar-refractivity contribution >= 4 is 32.9 Å². The molecule has 4 nitrogen and oxygen atoms in total. The molecule has 0 bridgehead atoms. The van der Waals surface area contributed by atoms with E-state index in [4.69, 9.17) is 5.11 Å². The first kappa shape index (κ1) is 9.21. The summed E-state index contributed by atoms with van der Waals surface area (Å²) >= 11 is 3.32. The lowest BCUT2D eigenvalue weighted by atomic mass is 10.2. The molecule has 5 heteroatoms. The first-order chi connectivity index (χ1) is 6.72. The Morgan fingerprint density at radius 3 is 3.07 bits per heavy atom. The minimum Gasteiger partial charge on any atom is -0.478 e. The van der Waals surface area contributed by atoms with Crippen LogP contribution in [0.25, 0.3) is 11.0 Å². The Bertz CT molecular complexity index is 493. The zero-order chi connectivity index (χ0) is 10.1. The van der Waals surface area contributed by atoms with Crippen molar-refractivity contribution in [3.8, 4) is 0 Å². The number of carboxylic acid groups (broad SMARTS) is 1. The van der Waals surface area contributed by atoms with Gasteiger partial charge in [0.25, 0.3) is 0 Å². The molecule has 0 spiro atoms. The third-order valence-corrected chi connectivity index (χ3v) is 2.61. The lowest BCUT2D eigenvalue weighted by molar-refractivity contribution is 0.0696. The molecule has 0 amide bonds. The topological polar surface area (TPSA) is 66.0 Å². The predicted octanol–water partition coefficient (Wildman–Crippen LogP) is 2.16. The molecule has 0 unspecified atom stereocenters. The summed E-state index contributed by atoms with van der Waals surface area (Å²) in [5.74, 6) is -0.957. The van der Waals surface area contributed by atoms with Gasteiger partial charge in [0.1, 0.15) is 5.65 Å². The van der Waals surface area contributed by atoms with Crippen LogP contribution in [0.1, 0.15) is 15.9 Å². The molecule has 0 saturated heterocycles. The van der Waals surface area contributed by atoms with Crippen LogP contribution in [0.2, 0.25) is 0 Å². The number of alkyl halides is 1. The number of aromatic carboxylic acids is 1. The standard InChI is InChI=1S/C9H7BrN2O2/c10-2-6-4-12-8-7(6)1-5(3-11-8)9(13)14/h1,3-4H,2H2,(H,11,12)(H,13,14).